The molecule has 2 aliphatic rings. The Hall–Kier alpha value is 0.423. The second kappa shape index (κ2) is 8.57. The zero-order valence-electron chi connectivity index (χ0n) is 11.3. The summed E-state index contributed by atoms with van der Waals surface area (Å²) in [6, 6.07) is 0. The number of hydrogen-bond acceptors (Lipinski definition) is 0. The molecule has 0 heterocycles. The molecule has 0 radical (unpaired) electrons. The first kappa shape index (κ1) is 18.4. The largest absolute Gasteiger partial charge is 1.00 e. The van der Waals surface area contributed by atoms with Crippen LogP contribution in [-0.4, -0.2) is 0 Å². The maximum absolute atomic E-state index is 2.36. The van der Waals surface area contributed by atoms with Crippen LogP contribution in [0.3, 0.4) is 0 Å². The molecule has 3 heteroatoms. The normalized spacial score (nSPS) is 17.4. The molecule has 0 saturated carbocycles. The van der Waals surface area contributed by atoms with Crippen molar-refractivity contribution in [3.8, 4) is 0 Å². The molecule has 2 aliphatic carbocycles. The van der Waals surface area contributed by atoms with Gasteiger partial charge in [0.2, 0.25) is 0 Å². The van der Waals surface area contributed by atoms with Crippen molar-refractivity contribution in [2.24, 2.45) is 0 Å². The van der Waals surface area contributed by atoms with Gasteiger partial charge in [0.05, 0.1) is 0 Å². The fourth-order valence-corrected chi connectivity index (χ4v) is 6.16. The van der Waals surface area contributed by atoms with E-state index < -0.39 is 23.2 Å². The van der Waals surface area contributed by atoms with Gasteiger partial charge in [-0.2, -0.15) is 0 Å². The van der Waals surface area contributed by atoms with Gasteiger partial charge in [0.15, 0.2) is 0 Å². The molecule has 0 unspecified atom stereocenters. The zero-order chi connectivity index (χ0) is 11.5. The Morgan fingerprint density at radius 2 is 1.94 bits per heavy atom. The maximum Gasteiger partial charge on any atom is -1.00 e. The summed E-state index contributed by atoms with van der Waals surface area (Å²) in [5, 5.41) is 0. The fourth-order valence-electron chi connectivity index (χ4n) is 2.53. The van der Waals surface area contributed by atoms with Gasteiger partial charge >= 0.3 is 111 Å². The van der Waals surface area contributed by atoms with Crippen LogP contribution in [0.25, 0.3) is 0 Å². The molecular weight excluding hydrogens is 342 g/mol. The van der Waals surface area contributed by atoms with Crippen molar-refractivity contribution < 1.29 is 48.0 Å². The summed E-state index contributed by atoms with van der Waals surface area (Å²) in [6.45, 7) is 6.98. The topological polar surface area (TPSA) is 0 Å². The Balaban J connectivity index is 0.00000144. The van der Waals surface area contributed by atoms with E-state index in [1.165, 1.54) is 25.7 Å². The number of hydrogen-bond donors (Lipinski definition) is 0. The first-order chi connectivity index (χ1) is 7.72. The van der Waals surface area contributed by atoms with Crippen LogP contribution in [0.5, 0.6) is 0 Å². The van der Waals surface area contributed by atoms with Gasteiger partial charge < -0.3 is 24.8 Å². The van der Waals surface area contributed by atoms with Crippen LogP contribution in [0.15, 0.2) is 41.5 Å². The molecule has 0 aromatic heterocycles. The molecule has 0 N–H and O–H groups in total. The Bertz CT molecular complexity index is 414. The smallest absolute Gasteiger partial charge is 1.00 e. The summed E-state index contributed by atoms with van der Waals surface area (Å²) in [5.74, 6) is 0. The monoisotopic (exact) mass is 360 g/mol. The molecule has 0 spiro atoms. The molecule has 2 rings (SSSR count). The van der Waals surface area contributed by atoms with Crippen LogP contribution in [0.2, 0.25) is 0 Å². The third-order valence-corrected chi connectivity index (χ3v) is 7.24. The average molecular weight is 362 g/mol. The van der Waals surface area contributed by atoms with Crippen molar-refractivity contribution in [3.05, 3.63) is 41.5 Å². The standard InChI is InChI=1S/C10H15.C5H5.2ClH.Zr/c1-4-5-10-8(2)6-7-9(10)3;1-2-4-5-3-1;;;/h4-6H2,1-3H3;1-3H,4H2;2*1H;/q;;;;+2/p-2. The SMILES string of the molecule is CCCC1=C(C)C[C]([Zr+2][C]2=CC=CC2)=C1C.[Cl-].[Cl-]. The van der Waals surface area contributed by atoms with Crippen molar-refractivity contribution in [1.29, 1.82) is 0 Å². The van der Waals surface area contributed by atoms with Crippen LogP contribution >= 0.6 is 0 Å². The van der Waals surface area contributed by atoms with Gasteiger partial charge in [0, 0.05) is 0 Å². The van der Waals surface area contributed by atoms with Crippen molar-refractivity contribution in [2.45, 2.75) is 46.5 Å². The molecule has 18 heavy (non-hydrogen) atoms. The summed E-state index contributed by atoms with van der Waals surface area (Å²) in [4.78, 5) is 0. The molecule has 0 amide bonds. The fraction of sp³-hybridized carbons (Fsp3) is 0.467. The predicted molar refractivity (Wildman–Crippen MR) is 66.8 cm³/mol. The van der Waals surface area contributed by atoms with Gasteiger partial charge in [-0.1, -0.05) is 0 Å². The summed E-state index contributed by atoms with van der Waals surface area (Å²) in [5.41, 5.74) is 5.01. The molecule has 0 bridgehead atoms. The molecule has 0 aliphatic heterocycles. The van der Waals surface area contributed by atoms with Crippen LogP contribution in [0.1, 0.15) is 46.5 Å². The van der Waals surface area contributed by atoms with Gasteiger partial charge in [0.25, 0.3) is 0 Å². The minimum atomic E-state index is -0.424. The van der Waals surface area contributed by atoms with E-state index in [1.54, 1.807) is 20.0 Å². The predicted octanol–water partition coefficient (Wildman–Crippen LogP) is -1.28. The van der Waals surface area contributed by atoms with Crippen LogP contribution in [0.4, 0.5) is 0 Å². The van der Waals surface area contributed by atoms with Crippen LogP contribution in [0, 0.1) is 0 Å². The molecule has 0 aromatic rings. The summed E-state index contributed by atoms with van der Waals surface area (Å²) in [6.07, 6.45) is 12.0. The van der Waals surface area contributed by atoms with E-state index in [9.17, 15) is 0 Å². The van der Waals surface area contributed by atoms with E-state index in [1.807, 2.05) is 3.28 Å². The van der Waals surface area contributed by atoms with Crippen LogP contribution in [-0.2, 0) is 23.2 Å². The van der Waals surface area contributed by atoms with E-state index in [0.717, 1.165) is 0 Å². The Morgan fingerprint density at radius 1 is 1.22 bits per heavy atom. The van der Waals surface area contributed by atoms with Crippen LogP contribution < -0.4 is 24.8 Å². The first-order valence-electron chi connectivity index (χ1n) is 6.23. The second-order valence-corrected chi connectivity index (χ2v) is 8.42. The molecule has 0 saturated heterocycles. The first-order valence-corrected chi connectivity index (χ1v) is 8.69. The van der Waals surface area contributed by atoms with E-state index >= 15 is 0 Å². The van der Waals surface area contributed by atoms with E-state index in [4.69, 9.17) is 0 Å². The second-order valence-electron chi connectivity index (χ2n) is 4.74. The zero-order valence-corrected chi connectivity index (χ0v) is 15.3. The average Bonchev–Trinajstić information content (AvgIpc) is 2.84. The third kappa shape index (κ3) is 4.22. The minimum Gasteiger partial charge on any atom is -1.00 e. The molecule has 0 atom stereocenters. The Morgan fingerprint density at radius 3 is 2.50 bits per heavy atom. The Labute approximate surface area is 135 Å². The van der Waals surface area contributed by atoms with Crippen molar-refractivity contribution in [2.75, 3.05) is 0 Å². The van der Waals surface area contributed by atoms with Crippen molar-refractivity contribution in [1.82, 2.24) is 0 Å². The number of allylic oxidation sites excluding steroid dienone is 8. The van der Waals surface area contributed by atoms with E-state index in [-0.39, 0.29) is 24.8 Å². The Kier molecular flexibility index (Phi) is 8.77. The van der Waals surface area contributed by atoms with Gasteiger partial charge in [-0.15, -0.1) is 0 Å². The van der Waals surface area contributed by atoms with Gasteiger partial charge in [0.1, 0.15) is 0 Å². The van der Waals surface area contributed by atoms with Gasteiger partial charge in [-0.25, -0.2) is 0 Å². The molecule has 0 fully saturated rings. The quantitative estimate of drug-likeness (QED) is 0.584. The van der Waals surface area contributed by atoms with Crippen molar-refractivity contribution >= 4 is 0 Å². The molecule has 98 valence electrons. The summed E-state index contributed by atoms with van der Waals surface area (Å²) >= 11 is -0.424. The summed E-state index contributed by atoms with van der Waals surface area (Å²) in [7, 11) is 0. The van der Waals surface area contributed by atoms with Crippen molar-refractivity contribution in [3.63, 3.8) is 0 Å². The molecule has 0 aromatic carbocycles. The number of halogens is 2. The summed E-state index contributed by atoms with van der Waals surface area (Å²) < 4.78 is 3.59. The van der Waals surface area contributed by atoms with E-state index in [0.29, 0.717) is 0 Å². The maximum atomic E-state index is 2.36. The molecule has 0 nitrogen and oxygen atoms in total. The van der Waals surface area contributed by atoms with Gasteiger partial charge in [-0.05, 0) is 0 Å². The number of rotatable bonds is 4. The molecular formula is C15H20Cl2Zr. The van der Waals surface area contributed by atoms with Gasteiger partial charge in [-0.3, -0.25) is 0 Å². The van der Waals surface area contributed by atoms with E-state index in [2.05, 4.69) is 39.0 Å². The minimum absolute atomic E-state index is 0. The third-order valence-electron chi connectivity index (χ3n) is 3.45.